The summed E-state index contributed by atoms with van der Waals surface area (Å²) >= 11 is 0. The zero-order valence-corrected chi connectivity index (χ0v) is 12.4. The molecule has 1 aromatic heterocycles. The molecule has 0 fully saturated rings. The summed E-state index contributed by atoms with van der Waals surface area (Å²) in [5, 5.41) is 2.27. The monoisotopic (exact) mass is 294 g/mol. The molecule has 0 unspecified atom stereocenters. The lowest BCUT2D eigenvalue weighted by atomic mass is 10.2. The number of amides is 1. The number of methoxy groups -OCH3 is 1. The molecule has 1 heterocycles. The Morgan fingerprint density at radius 2 is 2.00 bits per heavy atom. The molecule has 1 rings (SSSR count). The quantitative estimate of drug-likeness (QED) is 0.649. The van der Waals surface area contributed by atoms with Crippen molar-refractivity contribution in [3.63, 3.8) is 0 Å². The zero-order chi connectivity index (χ0) is 16.0. The molecule has 0 aliphatic heterocycles. The van der Waals surface area contributed by atoms with Crippen LogP contribution in [0.15, 0.2) is 28.8 Å². The summed E-state index contributed by atoms with van der Waals surface area (Å²) in [5.41, 5.74) is -1.10. The van der Waals surface area contributed by atoms with Crippen molar-refractivity contribution >= 4 is 18.1 Å². The summed E-state index contributed by atoms with van der Waals surface area (Å²) in [6.07, 6.45) is 1.86. The van der Waals surface area contributed by atoms with Crippen LogP contribution in [0.2, 0.25) is 0 Å². The number of aromatic nitrogens is 1. The molecule has 114 valence electrons. The van der Waals surface area contributed by atoms with E-state index in [9.17, 15) is 14.4 Å². The number of H-pyrrole nitrogens is 1. The summed E-state index contributed by atoms with van der Waals surface area (Å²) in [5.74, 6) is -0.788. The maximum Gasteiger partial charge on any atom is 0.412 e. The van der Waals surface area contributed by atoms with Crippen molar-refractivity contribution in [3.05, 3.63) is 39.9 Å². The Balaban J connectivity index is 3.03. The van der Waals surface area contributed by atoms with Crippen LogP contribution >= 0.6 is 0 Å². The highest BCUT2D eigenvalue weighted by Crippen LogP contribution is 2.08. The molecule has 7 heteroatoms. The standard InChI is InChI=1S/C14H18N2O5/c1-14(2,3)21-13(19)16-10(12(18)20-4)8-9-6-5-7-15-11(9)17/h5-8H,1-4H3,(H,15,17)(H,16,19). The summed E-state index contributed by atoms with van der Waals surface area (Å²) in [4.78, 5) is 37.4. The highest BCUT2D eigenvalue weighted by atomic mass is 16.6. The molecule has 0 bridgehead atoms. The number of hydrogen-bond donors (Lipinski definition) is 2. The van der Waals surface area contributed by atoms with E-state index in [0.717, 1.165) is 0 Å². The summed E-state index contributed by atoms with van der Waals surface area (Å²) < 4.78 is 9.61. The van der Waals surface area contributed by atoms with E-state index in [2.05, 4.69) is 15.0 Å². The predicted octanol–water partition coefficient (Wildman–Crippen LogP) is 1.41. The van der Waals surface area contributed by atoms with Crippen LogP contribution in [0.25, 0.3) is 6.08 Å². The topological polar surface area (TPSA) is 97.5 Å². The van der Waals surface area contributed by atoms with Gasteiger partial charge in [0.15, 0.2) is 0 Å². The van der Waals surface area contributed by atoms with E-state index in [4.69, 9.17) is 4.74 Å². The molecule has 0 saturated carbocycles. The number of aromatic amines is 1. The van der Waals surface area contributed by atoms with Crippen LogP contribution in [-0.2, 0) is 14.3 Å². The molecule has 0 spiro atoms. The van der Waals surface area contributed by atoms with Gasteiger partial charge >= 0.3 is 12.1 Å². The second kappa shape index (κ2) is 6.74. The molecule has 0 aliphatic rings. The van der Waals surface area contributed by atoms with Crippen molar-refractivity contribution in [2.24, 2.45) is 0 Å². The number of carbonyl (C=O) groups excluding carboxylic acids is 2. The second-order valence-electron chi connectivity index (χ2n) is 5.13. The zero-order valence-electron chi connectivity index (χ0n) is 12.4. The molecule has 7 nitrogen and oxygen atoms in total. The van der Waals surface area contributed by atoms with E-state index in [0.29, 0.717) is 0 Å². The minimum atomic E-state index is -0.813. The lowest BCUT2D eigenvalue weighted by Crippen LogP contribution is -2.34. The van der Waals surface area contributed by atoms with Gasteiger partial charge in [0.2, 0.25) is 0 Å². The third kappa shape index (κ3) is 5.52. The molecule has 0 aromatic carbocycles. The van der Waals surface area contributed by atoms with Crippen LogP contribution in [0.1, 0.15) is 26.3 Å². The van der Waals surface area contributed by atoms with Crippen molar-refractivity contribution < 1.29 is 19.1 Å². The predicted molar refractivity (Wildman–Crippen MR) is 76.4 cm³/mol. The van der Waals surface area contributed by atoms with E-state index in [1.165, 1.54) is 25.4 Å². The molecule has 0 radical (unpaired) electrons. The van der Waals surface area contributed by atoms with Gasteiger partial charge in [0.25, 0.3) is 5.56 Å². The van der Waals surface area contributed by atoms with Crippen molar-refractivity contribution in [1.82, 2.24) is 10.3 Å². The Labute approximate surface area is 122 Å². The minimum Gasteiger partial charge on any atom is -0.464 e. The first-order chi connectivity index (χ1) is 9.73. The maximum atomic E-state index is 11.7. The van der Waals surface area contributed by atoms with Gasteiger partial charge in [-0.3, -0.25) is 10.1 Å². The lowest BCUT2D eigenvalue weighted by Gasteiger charge is -2.20. The van der Waals surface area contributed by atoms with Gasteiger partial charge in [0, 0.05) is 11.8 Å². The van der Waals surface area contributed by atoms with E-state index < -0.39 is 23.2 Å². The fourth-order valence-electron chi connectivity index (χ4n) is 1.37. The lowest BCUT2D eigenvalue weighted by molar-refractivity contribution is -0.136. The van der Waals surface area contributed by atoms with E-state index in [1.807, 2.05) is 0 Å². The number of nitrogens with one attached hydrogen (secondary N) is 2. The maximum absolute atomic E-state index is 11.7. The number of esters is 1. The number of alkyl carbamates (subject to hydrolysis) is 1. The molecule has 0 saturated heterocycles. The highest BCUT2D eigenvalue weighted by Gasteiger charge is 2.20. The largest absolute Gasteiger partial charge is 0.464 e. The van der Waals surface area contributed by atoms with Crippen molar-refractivity contribution in [2.75, 3.05) is 7.11 Å². The SMILES string of the molecule is COC(=O)C(=Cc1ccc[nH]c1=O)NC(=O)OC(C)(C)C. The van der Waals surface area contributed by atoms with Gasteiger partial charge in [-0.2, -0.15) is 0 Å². The first kappa shape index (κ1) is 16.5. The van der Waals surface area contributed by atoms with Crippen molar-refractivity contribution in [3.8, 4) is 0 Å². The average molecular weight is 294 g/mol. The molecule has 21 heavy (non-hydrogen) atoms. The van der Waals surface area contributed by atoms with E-state index in [1.54, 1.807) is 26.8 Å². The smallest absolute Gasteiger partial charge is 0.412 e. The number of ether oxygens (including phenoxy) is 2. The van der Waals surface area contributed by atoms with Crippen LogP contribution in [0, 0.1) is 0 Å². The minimum absolute atomic E-state index is 0.191. The van der Waals surface area contributed by atoms with Crippen molar-refractivity contribution in [1.29, 1.82) is 0 Å². The summed E-state index contributed by atoms with van der Waals surface area (Å²) in [6.45, 7) is 5.07. The summed E-state index contributed by atoms with van der Waals surface area (Å²) in [6, 6.07) is 3.09. The number of rotatable bonds is 3. The molecule has 1 aromatic rings. The fourth-order valence-corrected chi connectivity index (χ4v) is 1.37. The van der Waals surface area contributed by atoms with Crippen LogP contribution in [0.3, 0.4) is 0 Å². The van der Waals surface area contributed by atoms with Crippen LogP contribution in [0.4, 0.5) is 4.79 Å². The summed E-state index contributed by atoms with van der Waals surface area (Å²) in [7, 11) is 1.17. The molecular weight excluding hydrogens is 276 g/mol. The van der Waals surface area contributed by atoms with Crippen LogP contribution < -0.4 is 10.9 Å². The number of carbonyl (C=O) groups is 2. The highest BCUT2D eigenvalue weighted by molar-refractivity contribution is 5.96. The van der Waals surface area contributed by atoms with E-state index in [-0.39, 0.29) is 11.3 Å². The van der Waals surface area contributed by atoms with Gasteiger partial charge in [0.1, 0.15) is 11.3 Å². The van der Waals surface area contributed by atoms with Gasteiger partial charge in [0.05, 0.1) is 7.11 Å². The molecule has 0 aliphatic carbocycles. The third-order valence-corrected chi connectivity index (χ3v) is 2.19. The van der Waals surface area contributed by atoms with Crippen LogP contribution in [-0.4, -0.2) is 29.8 Å². The molecule has 2 N–H and O–H groups in total. The van der Waals surface area contributed by atoms with Crippen LogP contribution in [0.5, 0.6) is 0 Å². The number of hydrogen-bond acceptors (Lipinski definition) is 5. The Morgan fingerprint density at radius 3 is 2.52 bits per heavy atom. The van der Waals surface area contributed by atoms with Gasteiger partial charge < -0.3 is 14.5 Å². The molecule has 1 amide bonds. The van der Waals surface area contributed by atoms with Gasteiger partial charge in [-0.25, -0.2) is 9.59 Å². The van der Waals surface area contributed by atoms with Gasteiger partial charge in [-0.1, -0.05) is 0 Å². The Morgan fingerprint density at radius 1 is 1.33 bits per heavy atom. The number of pyridine rings is 1. The fraction of sp³-hybridized carbons (Fsp3) is 0.357. The Hall–Kier alpha value is -2.57. The average Bonchev–Trinajstić information content (AvgIpc) is 2.37. The second-order valence-corrected chi connectivity index (χ2v) is 5.13. The third-order valence-electron chi connectivity index (χ3n) is 2.19. The Bertz CT molecular complexity index is 610. The van der Waals surface area contributed by atoms with Gasteiger partial charge in [-0.05, 0) is 39.0 Å². The van der Waals surface area contributed by atoms with Gasteiger partial charge in [-0.15, -0.1) is 0 Å². The first-order valence-electron chi connectivity index (χ1n) is 6.20. The first-order valence-corrected chi connectivity index (χ1v) is 6.20. The Kier molecular flexibility index (Phi) is 5.29. The molecular formula is C14H18N2O5. The van der Waals surface area contributed by atoms with E-state index >= 15 is 0 Å². The molecule has 0 atom stereocenters. The normalized spacial score (nSPS) is 11.7. The van der Waals surface area contributed by atoms with Crippen molar-refractivity contribution in [2.45, 2.75) is 26.4 Å².